The maximum absolute atomic E-state index is 6.74. The highest BCUT2D eigenvalue weighted by Gasteiger charge is 2.27. The van der Waals surface area contributed by atoms with Gasteiger partial charge in [-0.05, 0) is 158 Å². The average Bonchev–Trinajstić information content (AvgIpc) is 3.50. The number of anilines is 4. The summed E-state index contributed by atoms with van der Waals surface area (Å²) in [5.41, 5.74) is 14.5. The number of benzene rings is 6. The first kappa shape index (κ1) is 32.1. The third kappa shape index (κ3) is 5.35. The van der Waals surface area contributed by atoms with E-state index in [1.165, 1.54) is 77.2 Å². The third-order valence-electron chi connectivity index (χ3n) is 11.3. The summed E-state index contributed by atoms with van der Waals surface area (Å²) in [5.74, 6) is 0. The lowest BCUT2D eigenvalue weighted by atomic mass is 9.92. The van der Waals surface area contributed by atoms with Gasteiger partial charge in [-0.3, -0.25) is 0 Å². The topological polar surface area (TPSA) is 19.6 Å². The highest BCUT2D eigenvalue weighted by Crippen LogP contribution is 2.40. The fourth-order valence-corrected chi connectivity index (χ4v) is 8.52. The molecule has 7 aromatic rings. The van der Waals surface area contributed by atoms with E-state index < -0.39 is 0 Å². The van der Waals surface area contributed by atoms with Crippen LogP contribution in [0.3, 0.4) is 0 Å². The highest BCUT2D eigenvalue weighted by molar-refractivity contribution is 6.10. The summed E-state index contributed by atoms with van der Waals surface area (Å²) in [5, 5.41) is 7.27. The van der Waals surface area contributed by atoms with Gasteiger partial charge in [-0.15, -0.1) is 0 Å². The van der Waals surface area contributed by atoms with Crippen LogP contribution in [0.1, 0.15) is 49.8 Å². The molecule has 2 aliphatic carbocycles. The molecule has 9 rings (SSSR count). The van der Waals surface area contributed by atoms with E-state index in [4.69, 9.17) is 4.42 Å². The van der Waals surface area contributed by atoms with E-state index in [2.05, 4.69) is 178 Å². The smallest absolute Gasteiger partial charge is 0.136 e. The standard InChI is InChI=1S/C49H44N2O/c1-31-14-6-10-18-43(31)50(44-19-11-7-15-32(44)2)39-24-22-36-27-41-42-28-37-23-25-47(35(5)40(37)30-49(42)52-48(41)29-38(36)26-39)51(45-20-12-8-16-33(45)3)46-21-13-9-17-34(46)4/h6,8-10,12-24,26-30,47H,7,11,25H2,1-5H3. The van der Waals surface area contributed by atoms with Crippen molar-refractivity contribution in [2.45, 2.75) is 59.9 Å². The summed E-state index contributed by atoms with van der Waals surface area (Å²) >= 11 is 0. The van der Waals surface area contributed by atoms with Crippen molar-refractivity contribution in [3.63, 3.8) is 0 Å². The predicted molar refractivity (Wildman–Crippen MR) is 221 cm³/mol. The van der Waals surface area contributed by atoms with Crippen LogP contribution in [0.25, 0.3) is 44.4 Å². The van der Waals surface area contributed by atoms with Gasteiger partial charge < -0.3 is 14.2 Å². The molecular formula is C49H44N2O. The Labute approximate surface area is 306 Å². The Balaban J connectivity index is 1.17. The van der Waals surface area contributed by atoms with Crippen molar-refractivity contribution in [1.82, 2.24) is 0 Å². The molecule has 0 amide bonds. The van der Waals surface area contributed by atoms with E-state index in [9.17, 15) is 0 Å². The molecule has 1 atom stereocenters. The molecule has 0 bridgehead atoms. The zero-order valence-corrected chi connectivity index (χ0v) is 30.7. The number of hydrogen-bond donors (Lipinski definition) is 0. The van der Waals surface area contributed by atoms with Gasteiger partial charge in [0.05, 0.1) is 6.04 Å². The number of furan rings is 1. The zero-order chi connectivity index (χ0) is 35.5. The van der Waals surface area contributed by atoms with E-state index in [1.54, 1.807) is 0 Å². The molecule has 1 unspecified atom stereocenters. The summed E-state index contributed by atoms with van der Waals surface area (Å²) in [6, 6.07) is 42.4. The van der Waals surface area contributed by atoms with E-state index in [1.807, 2.05) is 0 Å². The monoisotopic (exact) mass is 676 g/mol. The number of allylic oxidation sites excluding steroid dienone is 3. The number of aryl methyl sites for hydroxylation is 3. The second-order valence-corrected chi connectivity index (χ2v) is 14.7. The second-order valence-electron chi connectivity index (χ2n) is 14.7. The Bertz CT molecular complexity index is 2700. The van der Waals surface area contributed by atoms with Gasteiger partial charge in [0.2, 0.25) is 0 Å². The molecule has 0 aliphatic heterocycles. The number of para-hydroxylation sites is 3. The van der Waals surface area contributed by atoms with Crippen molar-refractivity contribution < 1.29 is 4.42 Å². The van der Waals surface area contributed by atoms with Crippen molar-refractivity contribution in [3.05, 3.63) is 166 Å². The van der Waals surface area contributed by atoms with Gasteiger partial charge in [0, 0.05) is 39.2 Å². The molecule has 0 radical (unpaired) electrons. The quantitative estimate of drug-likeness (QED) is 0.175. The van der Waals surface area contributed by atoms with Crippen molar-refractivity contribution >= 4 is 67.1 Å². The van der Waals surface area contributed by atoms with Crippen LogP contribution >= 0.6 is 0 Å². The van der Waals surface area contributed by atoms with Gasteiger partial charge in [0.1, 0.15) is 11.2 Å². The number of hydrogen-bond acceptors (Lipinski definition) is 3. The fraction of sp³-hybridized carbons (Fsp3) is 0.184. The van der Waals surface area contributed by atoms with E-state index in [-0.39, 0.29) is 6.04 Å². The Morgan fingerprint density at radius 2 is 1.17 bits per heavy atom. The van der Waals surface area contributed by atoms with Gasteiger partial charge in [0.15, 0.2) is 0 Å². The number of rotatable bonds is 6. The molecule has 52 heavy (non-hydrogen) atoms. The molecular weight excluding hydrogens is 633 g/mol. The van der Waals surface area contributed by atoms with Gasteiger partial charge in [-0.1, -0.05) is 78.9 Å². The normalized spacial score (nSPS) is 15.7. The molecule has 2 aliphatic rings. The van der Waals surface area contributed by atoms with Crippen LogP contribution in [0, 0.1) is 20.8 Å². The maximum atomic E-state index is 6.74. The lowest BCUT2D eigenvalue weighted by Crippen LogP contribution is -2.41. The van der Waals surface area contributed by atoms with Crippen LogP contribution in [0.4, 0.5) is 22.7 Å². The second kappa shape index (κ2) is 12.8. The van der Waals surface area contributed by atoms with Gasteiger partial charge >= 0.3 is 0 Å². The Morgan fingerprint density at radius 1 is 0.558 bits per heavy atom. The summed E-state index contributed by atoms with van der Waals surface area (Å²) in [4.78, 5) is 4.98. The number of fused-ring (bicyclic) bond motifs is 5. The summed E-state index contributed by atoms with van der Waals surface area (Å²) < 4.78 is 6.74. The van der Waals surface area contributed by atoms with Gasteiger partial charge in [-0.25, -0.2) is 0 Å². The van der Waals surface area contributed by atoms with Crippen LogP contribution < -0.4 is 20.2 Å². The first-order chi connectivity index (χ1) is 25.4. The lowest BCUT2D eigenvalue weighted by Gasteiger charge is -2.37. The molecule has 3 heteroatoms. The minimum absolute atomic E-state index is 0.187. The lowest BCUT2D eigenvalue weighted by molar-refractivity contribution is 0.668. The van der Waals surface area contributed by atoms with Crippen LogP contribution in [-0.2, 0) is 0 Å². The van der Waals surface area contributed by atoms with Crippen LogP contribution in [-0.4, -0.2) is 6.04 Å². The molecule has 1 heterocycles. The van der Waals surface area contributed by atoms with E-state index in [0.717, 1.165) is 41.5 Å². The SMILES string of the molecule is CC1=CCCC=C1N(c1ccc2cc3c(cc2c1)oc1cc2c(cc13)=CCC(N(c1ccccc1C)c1ccccc1C)C=2C)c1ccccc1C. The Hall–Kier alpha value is -5.80. The molecule has 0 saturated carbocycles. The minimum atomic E-state index is 0.187. The van der Waals surface area contributed by atoms with Crippen molar-refractivity contribution in [1.29, 1.82) is 0 Å². The first-order valence-electron chi connectivity index (χ1n) is 18.6. The minimum Gasteiger partial charge on any atom is -0.456 e. The van der Waals surface area contributed by atoms with E-state index >= 15 is 0 Å². The zero-order valence-electron chi connectivity index (χ0n) is 30.7. The molecule has 0 fully saturated rings. The number of nitrogens with zero attached hydrogens (tertiary/aromatic N) is 2. The van der Waals surface area contributed by atoms with Crippen LogP contribution in [0.5, 0.6) is 0 Å². The summed E-state index contributed by atoms with van der Waals surface area (Å²) in [7, 11) is 0. The van der Waals surface area contributed by atoms with Crippen molar-refractivity contribution in [2.24, 2.45) is 0 Å². The van der Waals surface area contributed by atoms with Crippen molar-refractivity contribution in [2.75, 3.05) is 9.80 Å². The molecule has 256 valence electrons. The van der Waals surface area contributed by atoms with Crippen molar-refractivity contribution in [3.8, 4) is 0 Å². The largest absolute Gasteiger partial charge is 0.456 e. The summed E-state index contributed by atoms with van der Waals surface area (Å²) in [6.07, 6.45) is 10.3. The molecule has 1 aromatic heterocycles. The average molecular weight is 677 g/mol. The van der Waals surface area contributed by atoms with Crippen LogP contribution in [0.15, 0.2) is 143 Å². The Morgan fingerprint density at radius 3 is 1.85 bits per heavy atom. The molecule has 0 N–H and O–H groups in total. The molecule has 3 nitrogen and oxygen atoms in total. The molecule has 6 aromatic carbocycles. The molecule has 0 spiro atoms. The Kier molecular flexibility index (Phi) is 7.88. The van der Waals surface area contributed by atoms with Crippen LogP contribution in [0.2, 0.25) is 0 Å². The van der Waals surface area contributed by atoms with E-state index in [0.29, 0.717) is 0 Å². The highest BCUT2D eigenvalue weighted by atomic mass is 16.3. The van der Waals surface area contributed by atoms with Gasteiger partial charge in [0.25, 0.3) is 0 Å². The third-order valence-corrected chi connectivity index (χ3v) is 11.3. The fourth-order valence-electron chi connectivity index (χ4n) is 8.52. The first-order valence-corrected chi connectivity index (χ1v) is 18.6. The predicted octanol–water partition coefficient (Wildman–Crippen LogP) is 12.0. The van der Waals surface area contributed by atoms with Gasteiger partial charge in [-0.2, -0.15) is 0 Å². The molecule has 0 saturated heterocycles. The summed E-state index contributed by atoms with van der Waals surface area (Å²) in [6.45, 7) is 11.2. The maximum Gasteiger partial charge on any atom is 0.136 e.